The van der Waals surface area contributed by atoms with Gasteiger partial charge in [-0.3, -0.25) is 14.8 Å². The van der Waals surface area contributed by atoms with Gasteiger partial charge < -0.3 is 9.88 Å². The van der Waals surface area contributed by atoms with Crippen LogP contribution >= 0.6 is 11.8 Å². The molecule has 4 aromatic rings. The number of amides is 1. The molecule has 3 aromatic heterocycles. The number of nitrogens with one attached hydrogen (secondary N) is 1. The highest BCUT2D eigenvalue weighted by Gasteiger charge is 2.16. The van der Waals surface area contributed by atoms with Crippen LogP contribution in [-0.2, 0) is 11.3 Å². The zero-order valence-electron chi connectivity index (χ0n) is 15.2. The first-order valence-corrected chi connectivity index (χ1v) is 9.85. The lowest BCUT2D eigenvalue weighted by Crippen LogP contribution is -2.14. The van der Waals surface area contributed by atoms with Crippen LogP contribution in [0.5, 0.6) is 0 Å². The summed E-state index contributed by atoms with van der Waals surface area (Å²) in [5, 5.41) is 13.2. The van der Waals surface area contributed by atoms with Gasteiger partial charge in [-0.2, -0.15) is 0 Å². The predicted molar refractivity (Wildman–Crippen MR) is 110 cm³/mol. The summed E-state index contributed by atoms with van der Waals surface area (Å²) in [7, 11) is 0. The number of carbonyl (C=O) groups excluding carboxylic acids is 1. The molecule has 1 aromatic carbocycles. The monoisotopic (exact) mass is 390 g/mol. The lowest BCUT2D eigenvalue weighted by molar-refractivity contribution is -0.113. The van der Waals surface area contributed by atoms with E-state index >= 15 is 0 Å². The Balaban J connectivity index is 1.55. The Hall–Kier alpha value is -3.26. The Morgan fingerprint density at radius 2 is 1.96 bits per heavy atom. The Morgan fingerprint density at radius 1 is 1.11 bits per heavy atom. The van der Waals surface area contributed by atoms with Gasteiger partial charge in [-0.25, -0.2) is 0 Å². The Bertz CT molecular complexity index is 1110. The van der Waals surface area contributed by atoms with Crippen molar-refractivity contribution >= 4 is 34.3 Å². The minimum atomic E-state index is -0.0798. The summed E-state index contributed by atoms with van der Waals surface area (Å²) in [5.74, 6) is 0.935. The van der Waals surface area contributed by atoms with E-state index in [2.05, 4.69) is 25.5 Å². The summed E-state index contributed by atoms with van der Waals surface area (Å²) >= 11 is 1.37. The molecule has 0 radical (unpaired) electrons. The van der Waals surface area contributed by atoms with Gasteiger partial charge in [0, 0.05) is 35.6 Å². The fraction of sp³-hybridized carbons (Fsp3) is 0.150. The van der Waals surface area contributed by atoms with E-state index in [0.29, 0.717) is 11.7 Å². The number of aromatic nitrogens is 5. The van der Waals surface area contributed by atoms with Gasteiger partial charge in [0.1, 0.15) is 0 Å². The van der Waals surface area contributed by atoms with Gasteiger partial charge in [0.25, 0.3) is 0 Å². The molecule has 140 valence electrons. The van der Waals surface area contributed by atoms with Crippen molar-refractivity contribution in [1.82, 2.24) is 24.7 Å². The second kappa shape index (κ2) is 8.18. The molecule has 0 aliphatic carbocycles. The number of anilines is 1. The SMILES string of the molecule is CCn1c(SCC(=O)Nc2ccccc2)nnc1-c1ccnc2cnccc12. The quantitative estimate of drug-likeness (QED) is 0.506. The van der Waals surface area contributed by atoms with Crippen molar-refractivity contribution in [2.24, 2.45) is 0 Å². The number of para-hydroxylation sites is 1. The number of hydrogen-bond donors (Lipinski definition) is 1. The molecule has 1 amide bonds. The standard InChI is InChI=1S/C20H18N6OS/c1-2-26-19(16-9-11-22-17-12-21-10-8-15(16)17)24-25-20(26)28-13-18(27)23-14-6-4-3-5-7-14/h3-12H,2,13H2,1H3,(H,23,27). The summed E-state index contributed by atoms with van der Waals surface area (Å²) in [6, 6.07) is 13.3. The number of fused-ring (bicyclic) bond motifs is 1. The second-order valence-electron chi connectivity index (χ2n) is 6.00. The van der Waals surface area contributed by atoms with Crippen LogP contribution < -0.4 is 5.32 Å². The molecule has 4 rings (SSSR count). The van der Waals surface area contributed by atoms with E-state index in [-0.39, 0.29) is 11.7 Å². The third kappa shape index (κ3) is 3.72. The van der Waals surface area contributed by atoms with Crippen LogP contribution in [0, 0.1) is 0 Å². The summed E-state index contributed by atoms with van der Waals surface area (Å²) < 4.78 is 2.01. The Labute approximate surface area is 166 Å². The van der Waals surface area contributed by atoms with Crippen LogP contribution in [0.3, 0.4) is 0 Å². The van der Waals surface area contributed by atoms with Crippen molar-refractivity contribution in [3.63, 3.8) is 0 Å². The van der Waals surface area contributed by atoms with Gasteiger partial charge in [0.15, 0.2) is 11.0 Å². The third-order valence-corrected chi connectivity index (χ3v) is 5.18. The summed E-state index contributed by atoms with van der Waals surface area (Å²) in [4.78, 5) is 20.7. The van der Waals surface area contributed by atoms with E-state index < -0.39 is 0 Å². The van der Waals surface area contributed by atoms with Crippen LogP contribution in [0.4, 0.5) is 5.69 Å². The molecule has 0 unspecified atom stereocenters. The van der Waals surface area contributed by atoms with Crippen molar-refractivity contribution < 1.29 is 4.79 Å². The molecule has 0 bridgehead atoms. The highest BCUT2D eigenvalue weighted by atomic mass is 32.2. The van der Waals surface area contributed by atoms with Gasteiger partial charge in [-0.05, 0) is 31.2 Å². The number of thioether (sulfide) groups is 1. The smallest absolute Gasteiger partial charge is 0.234 e. The molecule has 0 aliphatic rings. The molecule has 0 saturated carbocycles. The normalized spacial score (nSPS) is 10.9. The maximum atomic E-state index is 12.2. The summed E-state index contributed by atoms with van der Waals surface area (Å²) in [5.41, 5.74) is 2.53. The van der Waals surface area contributed by atoms with Crippen LogP contribution in [0.1, 0.15) is 6.92 Å². The molecule has 0 spiro atoms. The molecule has 1 N–H and O–H groups in total. The van der Waals surface area contributed by atoms with Crippen molar-refractivity contribution in [2.75, 3.05) is 11.1 Å². The highest BCUT2D eigenvalue weighted by Crippen LogP contribution is 2.28. The zero-order valence-corrected chi connectivity index (χ0v) is 16.1. The average molecular weight is 390 g/mol. The number of pyridine rings is 2. The van der Waals surface area contributed by atoms with Crippen LogP contribution in [0.15, 0.2) is 66.2 Å². The van der Waals surface area contributed by atoms with Crippen molar-refractivity contribution in [3.8, 4) is 11.4 Å². The van der Waals surface area contributed by atoms with Crippen LogP contribution in [0.25, 0.3) is 22.3 Å². The number of nitrogens with zero attached hydrogens (tertiary/aromatic N) is 5. The molecular weight excluding hydrogens is 372 g/mol. The molecule has 0 aliphatic heterocycles. The number of carbonyl (C=O) groups is 1. The van der Waals surface area contributed by atoms with E-state index in [1.807, 2.05) is 54.0 Å². The maximum Gasteiger partial charge on any atom is 0.234 e. The molecule has 0 fully saturated rings. The maximum absolute atomic E-state index is 12.2. The number of benzene rings is 1. The lowest BCUT2D eigenvalue weighted by Gasteiger charge is -2.09. The van der Waals surface area contributed by atoms with Crippen molar-refractivity contribution in [2.45, 2.75) is 18.6 Å². The third-order valence-electron chi connectivity index (χ3n) is 4.21. The first-order valence-electron chi connectivity index (χ1n) is 8.86. The molecule has 7 nitrogen and oxygen atoms in total. The predicted octanol–water partition coefficient (Wildman–Crippen LogP) is 3.64. The van der Waals surface area contributed by atoms with Gasteiger partial charge in [-0.15, -0.1) is 10.2 Å². The van der Waals surface area contributed by atoms with Gasteiger partial charge in [0.05, 0.1) is 17.5 Å². The Morgan fingerprint density at radius 3 is 2.79 bits per heavy atom. The fourth-order valence-corrected chi connectivity index (χ4v) is 3.72. The number of rotatable bonds is 6. The summed E-state index contributed by atoms with van der Waals surface area (Å²) in [6.45, 7) is 2.73. The molecule has 3 heterocycles. The molecule has 28 heavy (non-hydrogen) atoms. The molecule has 8 heteroatoms. The molecule has 0 saturated heterocycles. The van der Waals surface area contributed by atoms with Gasteiger partial charge in [-0.1, -0.05) is 30.0 Å². The highest BCUT2D eigenvalue weighted by molar-refractivity contribution is 7.99. The van der Waals surface area contributed by atoms with E-state index in [4.69, 9.17) is 0 Å². The first-order chi connectivity index (χ1) is 13.8. The average Bonchev–Trinajstić information content (AvgIpc) is 3.15. The van der Waals surface area contributed by atoms with Crippen LogP contribution in [-0.4, -0.2) is 36.4 Å². The first kappa shape index (κ1) is 18.1. The zero-order chi connectivity index (χ0) is 19.3. The van der Waals surface area contributed by atoms with Gasteiger partial charge in [0.2, 0.25) is 5.91 Å². The topological polar surface area (TPSA) is 85.6 Å². The van der Waals surface area contributed by atoms with E-state index in [0.717, 1.165) is 28.0 Å². The minimum Gasteiger partial charge on any atom is -0.325 e. The molecular formula is C20H18N6OS. The minimum absolute atomic E-state index is 0.0798. The fourth-order valence-electron chi connectivity index (χ4n) is 2.92. The second-order valence-corrected chi connectivity index (χ2v) is 6.95. The van der Waals surface area contributed by atoms with Crippen molar-refractivity contribution in [3.05, 3.63) is 61.1 Å². The van der Waals surface area contributed by atoms with Crippen molar-refractivity contribution in [1.29, 1.82) is 0 Å². The van der Waals surface area contributed by atoms with E-state index in [1.54, 1.807) is 18.6 Å². The summed E-state index contributed by atoms with van der Waals surface area (Å²) in [6.07, 6.45) is 5.22. The largest absolute Gasteiger partial charge is 0.325 e. The van der Waals surface area contributed by atoms with E-state index in [9.17, 15) is 4.79 Å². The number of hydrogen-bond acceptors (Lipinski definition) is 6. The lowest BCUT2D eigenvalue weighted by atomic mass is 10.1. The van der Waals surface area contributed by atoms with Gasteiger partial charge >= 0.3 is 0 Å². The van der Waals surface area contributed by atoms with Crippen LogP contribution in [0.2, 0.25) is 0 Å². The Kier molecular flexibility index (Phi) is 5.29. The van der Waals surface area contributed by atoms with E-state index in [1.165, 1.54) is 11.8 Å². The molecule has 0 atom stereocenters.